The van der Waals surface area contributed by atoms with Crippen LogP contribution in [-0.4, -0.2) is 9.97 Å². The van der Waals surface area contributed by atoms with Crippen LogP contribution in [-0.2, 0) is 6.42 Å². The first kappa shape index (κ1) is 10.4. The van der Waals surface area contributed by atoms with Crippen LogP contribution in [0.3, 0.4) is 0 Å². The zero-order chi connectivity index (χ0) is 12.0. The lowest BCUT2D eigenvalue weighted by molar-refractivity contribution is 1.06. The summed E-state index contributed by atoms with van der Waals surface area (Å²) in [6, 6.07) is 7.72. The van der Waals surface area contributed by atoms with Gasteiger partial charge in [-0.05, 0) is 24.6 Å². The van der Waals surface area contributed by atoms with Gasteiger partial charge >= 0.3 is 0 Å². The van der Waals surface area contributed by atoms with E-state index in [-0.39, 0.29) is 0 Å². The number of nitrogens with zero attached hydrogens (tertiary/aromatic N) is 1. The van der Waals surface area contributed by atoms with Gasteiger partial charge < -0.3 is 10.7 Å². The molecule has 0 saturated heterocycles. The van der Waals surface area contributed by atoms with Crippen molar-refractivity contribution in [2.45, 2.75) is 13.3 Å². The van der Waals surface area contributed by atoms with Gasteiger partial charge in [0.15, 0.2) is 0 Å². The molecule has 17 heavy (non-hydrogen) atoms. The first-order valence-corrected chi connectivity index (χ1v) is 5.93. The lowest BCUT2D eigenvalue weighted by atomic mass is 10.1. The second-order valence-corrected chi connectivity index (χ2v) is 4.52. The van der Waals surface area contributed by atoms with Crippen LogP contribution < -0.4 is 5.73 Å². The number of rotatable bonds is 1. The Balaban J connectivity index is 2.50. The van der Waals surface area contributed by atoms with E-state index in [1.807, 2.05) is 24.3 Å². The molecule has 0 fully saturated rings. The molecule has 0 unspecified atom stereocenters. The quantitative estimate of drug-likeness (QED) is 0.689. The van der Waals surface area contributed by atoms with Gasteiger partial charge in [-0.2, -0.15) is 0 Å². The van der Waals surface area contributed by atoms with Crippen molar-refractivity contribution in [3.63, 3.8) is 0 Å². The lowest BCUT2D eigenvalue weighted by Gasteiger charge is -2.00. The Bertz CT molecular complexity index is 715. The molecule has 0 saturated carbocycles. The van der Waals surface area contributed by atoms with E-state index in [1.165, 1.54) is 0 Å². The van der Waals surface area contributed by atoms with E-state index in [0.717, 1.165) is 38.9 Å². The molecular formula is C13H12ClN3. The molecule has 0 atom stereocenters. The number of pyridine rings is 1. The second kappa shape index (κ2) is 3.64. The summed E-state index contributed by atoms with van der Waals surface area (Å²) in [5, 5.41) is 2.97. The minimum absolute atomic E-state index is 0.560. The van der Waals surface area contributed by atoms with Crippen molar-refractivity contribution in [3.8, 4) is 0 Å². The van der Waals surface area contributed by atoms with Gasteiger partial charge in [-0.25, -0.2) is 4.98 Å². The summed E-state index contributed by atoms with van der Waals surface area (Å²) < 4.78 is 0. The van der Waals surface area contributed by atoms with Crippen molar-refractivity contribution in [1.82, 2.24) is 9.97 Å². The van der Waals surface area contributed by atoms with Crippen LogP contribution in [0.4, 0.5) is 5.82 Å². The summed E-state index contributed by atoms with van der Waals surface area (Å²) in [5.41, 5.74) is 8.90. The minimum Gasteiger partial charge on any atom is -0.384 e. The third-order valence-electron chi connectivity index (χ3n) is 2.98. The molecule has 0 aliphatic heterocycles. The maximum atomic E-state index is 5.99. The third-order valence-corrected chi connectivity index (χ3v) is 3.22. The van der Waals surface area contributed by atoms with Crippen LogP contribution in [0.1, 0.15) is 12.6 Å². The van der Waals surface area contributed by atoms with Gasteiger partial charge in [-0.15, -0.1) is 0 Å². The molecule has 86 valence electrons. The van der Waals surface area contributed by atoms with E-state index in [9.17, 15) is 0 Å². The fraction of sp³-hybridized carbons (Fsp3) is 0.154. The number of aromatic nitrogens is 2. The van der Waals surface area contributed by atoms with Crippen LogP contribution in [0.5, 0.6) is 0 Å². The number of nitrogens with two attached hydrogens (primary N) is 1. The number of hydrogen-bond acceptors (Lipinski definition) is 2. The Labute approximate surface area is 104 Å². The number of fused-ring (bicyclic) bond motifs is 3. The minimum atomic E-state index is 0.560. The average Bonchev–Trinajstić information content (AvgIpc) is 2.65. The molecular weight excluding hydrogens is 234 g/mol. The fourth-order valence-corrected chi connectivity index (χ4v) is 2.39. The third kappa shape index (κ3) is 1.54. The highest BCUT2D eigenvalue weighted by atomic mass is 35.5. The summed E-state index contributed by atoms with van der Waals surface area (Å²) in [6.07, 6.45) is 0.849. The van der Waals surface area contributed by atoms with Crippen molar-refractivity contribution in [2.24, 2.45) is 0 Å². The van der Waals surface area contributed by atoms with Crippen molar-refractivity contribution in [1.29, 1.82) is 0 Å². The number of hydrogen-bond donors (Lipinski definition) is 2. The number of aryl methyl sites for hydroxylation is 1. The number of anilines is 1. The molecule has 0 amide bonds. The molecule has 3 rings (SSSR count). The zero-order valence-electron chi connectivity index (χ0n) is 9.42. The molecule has 2 aromatic heterocycles. The molecule has 1 aromatic carbocycles. The molecule has 0 aliphatic carbocycles. The van der Waals surface area contributed by atoms with Gasteiger partial charge in [-0.3, -0.25) is 0 Å². The van der Waals surface area contributed by atoms with Crippen LogP contribution in [0.25, 0.3) is 21.8 Å². The highest BCUT2D eigenvalue weighted by Crippen LogP contribution is 2.30. The summed E-state index contributed by atoms with van der Waals surface area (Å²) in [7, 11) is 0. The Kier molecular flexibility index (Phi) is 2.23. The maximum Gasteiger partial charge on any atom is 0.124 e. The van der Waals surface area contributed by atoms with Crippen LogP contribution in [0.15, 0.2) is 24.3 Å². The normalized spacial score (nSPS) is 11.4. The SMILES string of the molecule is CCc1nc(N)cc2c1[nH]c1cc(Cl)ccc12. The molecule has 3 nitrogen and oxygen atoms in total. The number of nitrogen functional groups attached to an aromatic ring is 1. The highest BCUT2D eigenvalue weighted by Gasteiger charge is 2.09. The predicted molar refractivity (Wildman–Crippen MR) is 72.4 cm³/mol. The monoisotopic (exact) mass is 245 g/mol. The number of halogens is 1. The molecule has 0 bridgehead atoms. The van der Waals surface area contributed by atoms with Gasteiger partial charge in [0, 0.05) is 21.3 Å². The molecule has 0 radical (unpaired) electrons. The second-order valence-electron chi connectivity index (χ2n) is 4.08. The molecule has 3 N–H and O–H groups in total. The van der Waals surface area contributed by atoms with Gasteiger partial charge in [0.25, 0.3) is 0 Å². The Hall–Kier alpha value is -1.74. The topological polar surface area (TPSA) is 54.7 Å². The van der Waals surface area contributed by atoms with Crippen LogP contribution >= 0.6 is 11.6 Å². The van der Waals surface area contributed by atoms with Crippen LogP contribution in [0, 0.1) is 0 Å². The maximum absolute atomic E-state index is 5.99. The molecule has 0 spiro atoms. The Morgan fingerprint density at radius 3 is 2.88 bits per heavy atom. The average molecular weight is 246 g/mol. The van der Waals surface area contributed by atoms with Crippen LogP contribution in [0.2, 0.25) is 5.02 Å². The fourth-order valence-electron chi connectivity index (χ4n) is 2.22. The van der Waals surface area contributed by atoms with E-state index in [0.29, 0.717) is 5.82 Å². The van der Waals surface area contributed by atoms with Gasteiger partial charge in [0.1, 0.15) is 5.82 Å². The summed E-state index contributed by atoms with van der Waals surface area (Å²) in [6.45, 7) is 2.07. The summed E-state index contributed by atoms with van der Waals surface area (Å²) in [4.78, 5) is 7.71. The van der Waals surface area contributed by atoms with Crippen molar-refractivity contribution in [3.05, 3.63) is 35.0 Å². The van der Waals surface area contributed by atoms with E-state index in [4.69, 9.17) is 17.3 Å². The summed E-state index contributed by atoms with van der Waals surface area (Å²) >= 11 is 5.99. The number of aromatic amines is 1. The van der Waals surface area contributed by atoms with Crippen molar-refractivity contribution < 1.29 is 0 Å². The largest absolute Gasteiger partial charge is 0.384 e. The Morgan fingerprint density at radius 2 is 2.12 bits per heavy atom. The lowest BCUT2D eigenvalue weighted by Crippen LogP contribution is -1.95. The first-order chi connectivity index (χ1) is 8.19. The van der Waals surface area contributed by atoms with Gasteiger partial charge in [0.05, 0.1) is 11.2 Å². The Morgan fingerprint density at radius 1 is 1.29 bits per heavy atom. The van der Waals surface area contributed by atoms with Gasteiger partial charge in [0.2, 0.25) is 0 Å². The first-order valence-electron chi connectivity index (χ1n) is 5.55. The molecule has 2 heterocycles. The standard InChI is InChI=1S/C13H12ClN3/c1-2-10-13-9(6-12(15)16-10)8-4-3-7(14)5-11(8)17-13/h3-6,17H,2H2,1H3,(H2,15,16). The molecule has 4 heteroatoms. The zero-order valence-corrected chi connectivity index (χ0v) is 10.2. The van der Waals surface area contributed by atoms with E-state index >= 15 is 0 Å². The predicted octanol–water partition coefficient (Wildman–Crippen LogP) is 3.51. The number of nitrogens with one attached hydrogen (secondary N) is 1. The van der Waals surface area contributed by atoms with Gasteiger partial charge in [-0.1, -0.05) is 24.6 Å². The number of H-pyrrole nitrogens is 1. The van der Waals surface area contributed by atoms with E-state index < -0.39 is 0 Å². The summed E-state index contributed by atoms with van der Waals surface area (Å²) in [5.74, 6) is 0.560. The van der Waals surface area contributed by atoms with Crippen molar-refractivity contribution in [2.75, 3.05) is 5.73 Å². The van der Waals surface area contributed by atoms with E-state index in [2.05, 4.69) is 16.9 Å². The molecule has 0 aliphatic rings. The van der Waals surface area contributed by atoms with E-state index in [1.54, 1.807) is 0 Å². The highest BCUT2D eigenvalue weighted by molar-refractivity contribution is 6.31. The number of benzene rings is 1. The van der Waals surface area contributed by atoms with Crippen molar-refractivity contribution >= 4 is 39.2 Å². The molecule has 3 aromatic rings. The smallest absolute Gasteiger partial charge is 0.124 e.